The fourth-order valence-corrected chi connectivity index (χ4v) is 3.83. The number of benzene rings is 2. The van der Waals surface area contributed by atoms with Gasteiger partial charge in [-0.25, -0.2) is 4.98 Å². The molecule has 1 amide bonds. The lowest BCUT2D eigenvalue weighted by Gasteiger charge is -2.02. The first-order valence-electron chi connectivity index (χ1n) is 8.15. The average molecular weight is 334 g/mol. The number of carbonyl (C=O) groups excluding carboxylic acids is 1. The van der Waals surface area contributed by atoms with Gasteiger partial charge < -0.3 is 5.32 Å². The van der Waals surface area contributed by atoms with Crippen molar-refractivity contribution in [2.24, 2.45) is 11.8 Å². The molecular weight excluding hydrogens is 316 g/mol. The van der Waals surface area contributed by atoms with Crippen LogP contribution < -0.4 is 5.32 Å². The van der Waals surface area contributed by atoms with Crippen LogP contribution in [0.1, 0.15) is 13.3 Å². The van der Waals surface area contributed by atoms with Crippen LogP contribution in [0.15, 0.2) is 60.7 Å². The van der Waals surface area contributed by atoms with E-state index < -0.39 is 0 Å². The summed E-state index contributed by atoms with van der Waals surface area (Å²) in [4.78, 5) is 18.0. The molecular formula is C20H18N2OS. The lowest BCUT2D eigenvalue weighted by Crippen LogP contribution is -2.14. The maximum absolute atomic E-state index is 12.2. The van der Waals surface area contributed by atoms with Crippen molar-refractivity contribution in [3.63, 3.8) is 0 Å². The highest BCUT2D eigenvalue weighted by Gasteiger charge is 2.39. The van der Waals surface area contributed by atoms with Gasteiger partial charge in [-0.1, -0.05) is 78.9 Å². The van der Waals surface area contributed by atoms with E-state index in [0.717, 1.165) is 28.1 Å². The van der Waals surface area contributed by atoms with Gasteiger partial charge in [-0.05, 0) is 17.9 Å². The summed E-state index contributed by atoms with van der Waals surface area (Å²) in [5, 5.41) is 3.68. The molecule has 0 bridgehead atoms. The zero-order valence-corrected chi connectivity index (χ0v) is 14.2. The van der Waals surface area contributed by atoms with E-state index in [0.29, 0.717) is 11.0 Å². The smallest absolute Gasteiger partial charge is 0.229 e. The van der Waals surface area contributed by atoms with E-state index in [4.69, 9.17) is 4.98 Å². The lowest BCUT2D eigenvalue weighted by molar-refractivity contribution is -0.117. The molecule has 120 valence electrons. The Kier molecular flexibility index (Phi) is 3.90. The minimum absolute atomic E-state index is 0.0930. The number of hydrogen-bond acceptors (Lipinski definition) is 3. The number of anilines is 1. The number of rotatable bonds is 4. The number of hydrogen-bond donors (Lipinski definition) is 1. The number of aromatic nitrogens is 1. The van der Waals surface area contributed by atoms with Gasteiger partial charge in [0.05, 0.1) is 10.6 Å². The topological polar surface area (TPSA) is 42.0 Å². The van der Waals surface area contributed by atoms with Crippen LogP contribution in [0.2, 0.25) is 0 Å². The molecule has 0 aliphatic heterocycles. The molecule has 1 fully saturated rings. The van der Waals surface area contributed by atoms with Crippen molar-refractivity contribution in [1.82, 2.24) is 4.98 Å². The Morgan fingerprint density at radius 1 is 1.04 bits per heavy atom. The molecule has 3 nitrogen and oxygen atoms in total. The van der Waals surface area contributed by atoms with Gasteiger partial charge in [0.2, 0.25) is 5.91 Å². The molecule has 4 heteroatoms. The second kappa shape index (κ2) is 6.21. The van der Waals surface area contributed by atoms with Crippen LogP contribution in [0.5, 0.6) is 0 Å². The summed E-state index contributed by atoms with van der Waals surface area (Å²) in [5.74, 6) is 0.733. The molecule has 1 aliphatic rings. The standard InChI is InChI=1S/C20H18N2OS/c1-13-12-16(13)19(23)22-20-21-17(14-8-4-2-5-9-14)18(24-20)15-10-6-3-7-11-15/h2-11,13,16H,12H2,1H3,(H,21,22,23). The van der Waals surface area contributed by atoms with E-state index in [1.807, 2.05) is 36.4 Å². The van der Waals surface area contributed by atoms with Gasteiger partial charge >= 0.3 is 0 Å². The summed E-state index contributed by atoms with van der Waals surface area (Å²) >= 11 is 1.54. The summed E-state index contributed by atoms with van der Waals surface area (Å²) in [5.41, 5.74) is 3.10. The molecule has 1 saturated carbocycles. The highest BCUT2D eigenvalue weighted by Crippen LogP contribution is 2.41. The van der Waals surface area contributed by atoms with Gasteiger partial charge in [0.1, 0.15) is 0 Å². The van der Waals surface area contributed by atoms with Crippen molar-refractivity contribution < 1.29 is 4.79 Å². The molecule has 0 saturated heterocycles. The largest absolute Gasteiger partial charge is 0.302 e. The molecule has 4 rings (SSSR count). The maximum Gasteiger partial charge on any atom is 0.229 e. The van der Waals surface area contributed by atoms with E-state index in [-0.39, 0.29) is 11.8 Å². The van der Waals surface area contributed by atoms with Gasteiger partial charge in [0, 0.05) is 11.5 Å². The van der Waals surface area contributed by atoms with E-state index in [9.17, 15) is 4.79 Å². The quantitative estimate of drug-likeness (QED) is 0.723. The first-order valence-corrected chi connectivity index (χ1v) is 8.96. The highest BCUT2D eigenvalue weighted by molar-refractivity contribution is 7.19. The SMILES string of the molecule is CC1CC1C(=O)Nc1nc(-c2ccccc2)c(-c2ccccc2)s1. The third-order valence-corrected chi connectivity index (χ3v) is 5.41. The van der Waals surface area contributed by atoms with Gasteiger partial charge in [-0.3, -0.25) is 4.79 Å². The molecule has 3 aromatic rings. The van der Waals surface area contributed by atoms with E-state index in [1.165, 1.54) is 11.3 Å². The summed E-state index contributed by atoms with van der Waals surface area (Å²) in [6.45, 7) is 2.11. The molecule has 2 unspecified atom stereocenters. The summed E-state index contributed by atoms with van der Waals surface area (Å²) < 4.78 is 0. The fraction of sp³-hybridized carbons (Fsp3) is 0.200. The first-order chi connectivity index (χ1) is 11.7. The summed E-state index contributed by atoms with van der Waals surface area (Å²) in [6, 6.07) is 20.3. The molecule has 1 aliphatic carbocycles. The minimum atomic E-state index is 0.0930. The van der Waals surface area contributed by atoms with Crippen LogP contribution in [0.3, 0.4) is 0 Å². The first kappa shape index (κ1) is 15.1. The summed E-state index contributed by atoms with van der Waals surface area (Å²) in [7, 11) is 0. The number of carbonyl (C=O) groups is 1. The Balaban J connectivity index is 1.72. The molecule has 0 radical (unpaired) electrons. The monoisotopic (exact) mass is 334 g/mol. The Labute approximate surface area is 145 Å². The molecule has 1 aromatic heterocycles. The van der Waals surface area contributed by atoms with Crippen LogP contribution in [0.4, 0.5) is 5.13 Å². The van der Waals surface area contributed by atoms with Gasteiger partial charge in [-0.2, -0.15) is 0 Å². The zero-order chi connectivity index (χ0) is 16.5. The summed E-state index contributed by atoms with van der Waals surface area (Å²) in [6.07, 6.45) is 0.980. The number of amides is 1. The molecule has 24 heavy (non-hydrogen) atoms. The normalized spacial score (nSPS) is 19.0. The average Bonchev–Trinajstić information content (AvgIpc) is 3.21. The van der Waals surface area contributed by atoms with Crippen molar-refractivity contribution in [2.45, 2.75) is 13.3 Å². The Hall–Kier alpha value is -2.46. The van der Waals surface area contributed by atoms with Crippen LogP contribution in [0, 0.1) is 11.8 Å². The number of nitrogens with zero attached hydrogens (tertiary/aromatic N) is 1. The predicted molar refractivity (Wildman–Crippen MR) is 98.9 cm³/mol. The van der Waals surface area contributed by atoms with Gasteiger partial charge in [0.25, 0.3) is 0 Å². The van der Waals surface area contributed by atoms with Crippen LogP contribution >= 0.6 is 11.3 Å². The van der Waals surface area contributed by atoms with Crippen molar-refractivity contribution in [3.05, 3.63) is 60.7 Å². The van der Waals surface area contributed by atoms with Crippen molar-refractivity contribution >= 4 is 22.4 Å². The van der Waals surface area contributed by atoms with Crippen LogP contribution in [-0.2, 0) is 4.79 Å². The second-order valence-electron chi connectivity index (χ2n) is 6.24. The number of nitrogens with one attached hydrogen (secondary N) is 1. The second-order valence-corrected chi connectivity index (χ2v) is 7.24. The van der Waals surface area contributed by atoms with E-state index in [1.54, 1.807) is 0 Å². The minimum Gasteiger partial charge on any atom is -0.302 e. The van der Waals surface area contributed by atoms with Gasteiger partial charge in [-0.15, -0.1) is 0 Å². The van der Waals surface area contributed by atoms with Crippen LogP contribution in [0.25, 0.3) is 21.7 Å². The van der Waals surface area contributed by atoms with Crippen LogP contribution in [-0.4, -0.2) is 10.9 Å². The molecule has 1 heterocycles. The number of thiazole rings is 1. The van der Waals surface area contributed by atoms with E-state index in [2.05, 4.69) is 36.5 Å². The lowest BCUT2D eigenvalue weighted by atomic mass is 10.1. The Bertz CT molecular complexity index is 801. The third-order valence-electron chi connectivity index (χ3n) is 4.39. The maximum atomic E-state index is 12.2. The van der Waals surface area contributed by atoms with Gasteiger partial charge in [0.15, 0.2) is 5.13 Å². The van der Waals surface area contributed by atoms with E-state index >= 15 is 0 Å². The fourth-order valence-electron chi connectivity index (χ4n) is 2.84. The molecule has 2 atom stereocenters. The van der Waals surface area contributed by atoms with Crippen molar-refractivity contribution in [2.75, 3.05) is 5.32 Å². The third kappa shape index (κ3) is 2.97. The Morgan fingerprint density at radius 3 is 2.21 bits per heavy atom. The Morgan fingerprint density at radius 2 is 1.62 bits per heavy atom. The van der Waals surface area contributed by atoms with Crippen molar-refractivity contribution in [1.29, 1.82) is 0 Å². The molecule has 1 N–H and O–H groups in total. The zero-order valence-electron chi connectivity index (χ0n) is 13.4. The highest BCUT2D eigenvalue weighted by atomic mass is 32.1. The van der Waals surface area contributed by atoms with Crippen molar-refractivity contribution in [3.8, 4) is 21.7 Å². The molecule has 0 spiro atoms. The molecule has 2 aromatic carbocycles. The predicted octanol–water partition coefficient (Wildman–Crippen LogP) is 5.07.